The van der Waals surface area contributed by atoms with Crippen LogP contribution in [0, 0.1) is 0 Å². The number of nitrogens with zero attached hydrogens (tertiary/aromatic N) is 4. The molecule has 1 amide bonds. The van der Waals surface area contributed by atoms with Crippen LogP contribution in [0.1, 0.15) is 5.56 Å². The van der Waals surface area contributed by atoms with E-state index in [0.717, 1.165) is 21.9 Å². The van der Waals surface area contributed by atoms with Gasteiger partial charge in [0.25, 0.3) is 5.56 Å². The van der Waals surface area contributed by atoms with Gasteiger partial charge in [0, 0.05) is 26.2 Å². The van der Waals surface area contributed by atoms with Gasteiger partial charge < -0.3 is 19.5 Å². The van der Waals surface area contributed by atoms with Gasteiger partial charge in [-0.15, -0.1) is 0 Å². The van der Waals surface area contributed by atoms with Crippen LogP contribution in [0.4, 0.5) is 0 Å². The fourth-order valence-corrected chi connectivity index (χ4v) is 4.68. The standard InChI is InChI=1S/C25H23N5O6S/c1-29-22-20(24(32)30(2)25(29)33)23(28-21(27-22)15-5-7-16(34-3)8-6-15)37-12-19(31)26-11-14-4-9-17-18(10-14)36-13-35-17/h4-10H,11-13H2,1-3H3,(H,26,31). The van der Waals surface area contributed by atoms with Crippen LogP contribution in [0.25, 0.3) is 22.4 Å². The number of methoxy groups -OCH3 is 1. The number of hydrogen-bond acceptors (Lipinski definition) is 9. The van der Waals surface area contributed by atoms with Gasteiger partial charge in [-0.05, 0) is 42.0 Å². The van der Waals surface area contributed by atoms with Crippen LogP contribution in [-0.4, -0.2) is 44.7 Å². The van der Waals surface area contributed by atoms with Gasteiger partial charge in [-0.3, -0.25) is 18.7 Å². The Morgan fingerprint density at radius 2 is 1.81 bits per heavy atom. The molecule has 0 aliphatic carbocycles. The largest absolute Gasteiger partial charge is 0.497 e. The molecule has 0 saturated carbocycles. The predicted octanol–water partition coefficient (Wildman–Crippen LogP) is 1.84. The Bertz CT molecular complexity index is 1630. The summed E-state index contributed by atoms with van der Waals surface area (Å²) in [6, 6.07) is 12.6. The van der Waals surface area contributed by atoms with Crippen molar-refractivity contribution in [2.45, 2.75) is 11.6 Å². The molecule has 1 N–H and O–H groups in total. The zero-order valence-electron chi connectivity index (χ0n) is 20.3. The third-order valence-corrected chi connectivity index (χ3v) is 6.86. The minimum Gasteiger partial charge on any atom is -0.497 e. The minimum absolute atomic E-state index is 0.00468. The molecular formula is C25H23N5O6S. The number of aromatic nitrogens is 4. The lowest BCUT2D eigenvalue weighted by Gasteiger charge is -2.12. The van der Waals surface area contributed by atoms with Crippen molar-refractivity contribution in [3.8, 4) is 28.6 Å². The molecule has 2 aromatic carbocycles. The first-order valence-electron chi connectivity index (χ1n) is 11.3. The number of aryl methyl sites for hydroxylation is 1. The van der Waals surface area contributed by atoms with Gasteiger partial charge in [0.2, 0.25) is 12.7 Å². The number of fused-ring (bicyclic) bond motifs is 2. The first-order valence-corrected chi connectivity index (χ1v) is 12.2. The monoisotopic (exact) mass is 521 g/mol. The summed E-state index contributed by atoms with van der Waals surface area (Å²) in [6.45, 7) is 0.478. The molecule has 37 heavy (non-hydrogen) atoms. The Kier molecular flexibility index (Phi) is 6.57. The summed E-state index contributed by atoms with van der Waals surface area (Å²) >= 11 is 1.11. The Labute approximate surface area is 215 Å². The second-order valence-corrected chi connectivity index (χ2v) is 9.20. The minimum atomic E-state index is -0.525. The number of ether oxygens (including phenoxy) is 3. The maximum atomic E-state index is 13.0. The molecular weight excluding hydrogens is 498 g/mol. The van der Waals surface area contributed by atoms with E-state index in [1.165, 1.54) is 11.6 Å². The third-order valence-electron chi connectivity index (χ3n) is 5.88. The van der Waals surface area contributed by atoms with Crippen molar-refractivity contribution in [2.75, 3.05) is 19.7 Å². The van der Waals surface area contributed by atoms with Crippen LogP contribution in [0.3, 0.4) is 0 Å². The summed E-state index contributed by atoms with van der Waals surface area (Å²) in [4.78, 5) is 47.4. The highest BCUT2D eigenvalue weighted by atomic mass is 32.2. The van der Waals surface area contributed by atoms with E-state index in [-0.39, 0.29) is 29.5 Å². The molecule has 0 saturated heterocycles. The van der Waals surface area contributed by atoms with E-state index in [1.54, 1.807) is 44.5 Å². The summed E-state index contributed by atoms with van der Waals surface area (Å²) in [6.07, 6.45) is 0. The van der Waals surface area contributed by atoms with Gasteiger partial charge in [-0.1, -0.05) is 17.8 Å². The average molecular weight is 522 g/mol. The van der Waals surface area contributed by atoms with Gasteiger partial charge in [0.15, 0.2) is 23.0 Å². The molecule has 0 radical (unpaired) electrons. The van der Waals surface area contributed by atoms with Crippen LogP contribution in [0.15, 0.2) is 57.1 Å². The van der Waals surface area contributed by atoms with Crippen molar-refractivity contribution >= 4 is 28.7 Å². The molecule has 190 valence electrons. The molecule has 1 aliphatic heterocycles. The zero-order valence-corrected chi connectivity index (χ0v) is 21.1. The van der Waals surface area contributed by atoms with E-state index in [2.05, 4.69) is 15.3 Å². The maximum Gasteiger partial charge on any atom is 0.332 e. The highest BCUT2D eigenvalue weighted by molar-refractivity contribution is 8.00. The first-order chi connectivity index (χ1) is 17.9. The number of rotatable bonds is 7. The molecule has 5 rings (SSSR count). The number of carbonyl (C=O) groups is 1. The Hall–Kier alpha value is -4.32. The van der Waals surface area contributed by atoms with E-state index < -0.39 is 11.2 Å². The fraction of sp³-hybridized carbons (Fsp3) is 0.240. The molecule has 3 heterocycles. The molecule has 12 heteroatoms. The van der Waals surface area contributed by atoms with Crippen molar-refractivity contribution in [1.29, 1.82) is 0 Å². The van der Waals surface area contributed by atoms with E-state index in [1.807, 2.05) is 12.1 Å². The fourth-order valence-electron chi connectivity index (χ4n) is 3.84. The molecule has 0 fully saturated rings. The SMILES string of the molecule is COc1ccc(-c2nc(SCC(=O)NCc3ccc4c(c3)OCO4)c3c(=O)n(C)c(=O)n(C)c3n2)cc1. The van der Waals surface area contributed by atoms with Crippen LogP contribution in [0.2, 0.25) is 0 Å². The number of benzene rings is 2. The van der Waals surface area contributed by atoms with E-state index >= 15 is 0 Å². The Morgan fingerprint density at radius 3 is 2.57 bits per heavy atom. The summed E-state index contributed by atoms with van der Waals surface area (Å²) in [7, 11) is 4.51. The molecule has 4 aromatic rings. The number of thioether (sulfide) groups is 1. The second-order valence-electron chi connectivity index (χ2n) is 8.24. The number of amides is 1. The Morgan fingerprint density at radius 1 is 1.05 bits per heavy atom. The number of carbonyl (C=O) groups excluding carboxylic acids is 1. The molecule has 0 bridgehead atoms. The van der Waals surface area contributed by atoms with Crippen molar-refractivity contribution in [3.63, 3.8) is 0 Å². The quantitative estimate of drug-likeness (QED) is 0.286. The van der Waals surface area contributed by atoms with Crippen molar-refractivity contribution in [2.24, 2.45) is 14.1 Å². The average Bonchev–Trinajstić information content (AvgIpc) is 3.40. The predicted molar refractivity (Wildman–Crippen MR) is 137 cm³/mol. The van der Waals surface area contributed by atoms with E-state index in [0.29, 0.717) is 40.2 Å². The van der Waals surface area contributed by atoms with Gasteiger partial charge in [0.1, 0.15) is 16.2 Å². The van der Waals surface area contributed by atoms with Crippen LogP contribution >= 0.6 is 11.8 Å². The maximum absolute atomic E-state index is 13.0. The van der Waals surface area contributed by atoms with Gasteiger partial charge in [-0.2, -0.15) is 0 Å². The number of nitrogens with one attached hydrogen (secondary N) is 1. The molecule has 0 spiro atoms. The lowest BCUT2D eigenvalue weighted by Crippen LogP contribution is -2.37. The van der Waals surface area contributed by atoms with Gasteiger partial charge in [0.05, 0.1) is 12.9 Å². The first kappa shape index (κ1) is 24.4. The Balaban J connectivity index is 1.43. The van der Waals surface area contributed by atoms with Crippen molar-refractivity contribution in [1.82, 2.24) is 24.4 Å². The molecule has 1 aliphatic rings. The lowest BCUT2D eigenvalue weighted by atomic mass is 10.2. The van der Waals surface area contributed by atoms with Crippen LogP contribution in [-0.2, 0) is 25.4 Å². The van der Waals surface area contributed by atoms with Crippen LogP contribution < -0.4 is 30.8 Å². The molecule has 2 aromatic heterocycles. The topological polar surface area (TPSA) is 127 Å². The van der Waals surface area contributed by atoms with E-state index in [9.17, 15) is 14.4 Å². The lowest BCUT2D eigenvalue weighted by molar-refractivity contribution is -0.118. The summed E-state index contributed by atoms with van der Waals surface area (Å²) in [5.74, 6) is 2.05. The van der Waals surface area contributed by atoms with Gasteiger partial charge in [-0.25, -0.2) is 14.8 Å². The van der Waals surface area contributed by atoms with Crippen molar-refractivity contribution < 1.29 is 19.0 Å². The summed E-state index contributed by atoms with van der Waals surface area (Å²) in [5.41, 5.74) is 0.694. The second kappa shape index (κ2) is 9.97. The number of hydrogen-bond donors (Lipinski definition) is 1. The summed E-state index contributed by atoms with van der Waals surface area (Å²) < 4.78 is 18.2. The zero-order chi connectivity index (χ0) is 26.1. The molecule has 0 unspecified atom stereocenters. The van der Waals surface area contributed by atoms with Crippen molar-refractivity contribution in [3.05, 3.63) is 68.9 Å². The molecule has 0 atom stereocenters. The smallest absolute Gasteiger partial charge is 0.332 e. The highest BCUT2D eigenvalue weighted by Gasteiger charge is 2.19. The van der Waals surface area contributed by atoms with E-state index in [4.69, 9.17) is 14.2 Å². The van der Waals surface area contributed by atoms with Gasteiger partial charge >= 0.3 is 5.69 Å². The highest BCUT2D eigenvalue weighted by Crippen LogP contribution is 2.32. The van der Waals surface area contributed by atoms with Crippen LogP contribution in [0.5, 0.6) is 17.2 Å². The third kappa shape index (κ3) is 4.75. The summed E-state index contributed by atoms with van der Waals surface area (Å²) in [5, 5.41) is 3.35. The normalized spacial score (nSPS) is 12.1. The molecule has 11 nitrogen and oxygen atoms in total.